The number of anilines is 2. The highest BCUT2D eigenvalue weighted by Crippen LogP contribution is 2.24. The van der Waals surface area contributed by atoms with Crippen molar-refractivity contribution >= 4 is 11.8 Å². The fourth-order valence-corrected chi connectivity index (χ4v) is 3.83. The molecule has 0 aromatic carbocycles. The molecule has 2 fully saturated rings. The summed E-state index contributed by atoms with van der Waals surface area (Å²) in [6.45, 7) is 5.65. The highest BCUT2D eigenvalue weighted by molar-refractivity contribution is 5.45. The van der Waals surface area contributed by atoms with Crippen LogP contribution in [0.5, 0.6) is 0 Å². The minimum atomic E-state index is 0.270. The van der Waals surface area contributed by atoms with Crippen LogP contribution < -0.4 is 10.2 Å². The van der Waals surface area contributed by atoms with Gasteiger partial charge in [-0.15, -0.1) is 0 Å². The fraction of sp³-hybridized carbons (Fsp3) is 0.550. The fourth-order valence-electron chi connectivity index (χ4n) is 3.83. The Morgan fingerprint density at radius 2 is 1.92 bits per heavy atom. The van der Waals surface area contributed by atoms with E-state index in [-0.39, 0.29) is 6.04 Å². The van der Waals surface area contributed by atoms with Crippen LogP contribution in [-0.2, 0) is 11.2 Å². The maximum absolute atomic E-state index is 5.76. The van der Waals surface area contributed by atoms with E-state index in [4.69, 9.17) is 9.72 Å². The van der Waals surface area contributed by atoms with Crippen molar-refractivity contribution < 1.29 is 4.74 Å². The zero-order valence-corrected chi connectivity index (χ0v) is 15.4. The Morgan fingerprint density at radius 1 is 1.12 bits per heavy atom. The van der Waals surface area contributed by atoms with Crippen LogP contribution in [0.4, 0.5) is 11.8 Å². The molecular weight excluding hydrogens is 326 g/mol. The molecule has 2 aliphatic rings. The first kappa shape index (κ1) is 17.2. The highest BCUT2D eigenvalue weighted by Gasteiger charge is 2.29. The number of ether oxygens (including phenoxy) is 1. The number of nitrogens with one attached hydrogen (secondary N) is 1. The second-order valence-electron chi connectivity index (χ2n) is 7.35. The summed E-state index contributed by atoms with van der Waals surface area (Å²) in [5.74, 6) is 2.20. The molecule has 0 bridgehead atoms. The van der Waals surface area contributed by atoms with Crippen LogP contribution >= 0.6 is 0 Å². The van der Waals surface area contributed by atoms with E-state index in [1.165, 1.54) is 24.8 Å². The van der Waals surface area contributed by atoms with Gasteiger partial charge in [-0.1, -0.05) is 0 Å². The SMILES string of the molecule is Cc1cc(N[C@H]2COC[C@H]2Cc2ccncc2)nc(N2CCCCC2)n1. The number of aryl methyl sites for hydroxylation is 1. The van der Waals surface area contributed by atoms with Crippen molar-refractivity contribution in [3.8, 4) is 0 Å². The first-order chi connectivity index (χ1) is 12.8. The maximum atomic E-state index is 5.76. The lowest BCUT2D eigenvalue weighted by Crippen LogP contribution is -2.32. The van der Waals surface area contributed by atoms with Crippen LogP contribution in [0.25, 0.3) is 0 Å². The van der Waals surface area contributed by atoms with Gasteiger partial charge in [-0.05, 0) is 50.3 Å². The molecule has 2 atom stereocenters. The van der Waals surface area contributed by atoms with E-state index < -0.39 is 0 Å². The van der Waals surface area contributed by atoms with Crippen LogP contribution in [0.1, 0.15) is 30.5 Å². The lowest BCUT2D eigenvalue weighted by molar-refractivity contribution is 0.185. The third kappa shape index (κ3) is 4.12. The first-order valence-corrected chi connectivity index (χ1v) is 9.62. The Bertz CT molecular complexity index is 717. The number of nitrogens with zero attached hydrogens (tertiary/aromatic N) is 4. The summed E-state index contributed by atoms with van der Waals surface area (Å²) in [6, 6.07) is 6.47. The third-order valence-corrected chi connectivity index (χ3v) is 5.26. The van der Waals surface area contributed by atoms with Gasteiger partial charge in [0.15, 0.2) is 0 Å². The number of aromatic nitrogens is 3. The van der Waals surface area contributed by atoms with Gasteiger partial charge in [0, 0.05) is 43.2 Å². The van der Waals surface area contributed by atoms with Gasteiger partial charge in [-0.2, -0.15) is 4.98 Å². The molecule has 138 valence electrons. The molecule has 4 rings (SSSR count). The Kier molecular flexibility index (Phi) is 5.29. The predicted octanol–water partition coefficient (Wildman–Crippen LogP) is 2.84. The van der Waals surface area contributed by atoms with Gasteiger partial charge in [0.1, 0.15) is 5.82 Å². The van der Waals surface area contributed by atoms with Gasteiger partial charge in [0.25, 0.3) is 0 Å². The van der Waals surface area contributed by atoms with Gasteiger partial charge in [0.05, 0.1) is 19.3 Å². The predicted molar refractivity (Wildman–Crippen MR) is 102 cm³/mol. The Labute approximate surface area is 155 Å². The van der Waals surface area contributed by atoms with E-state index in [0.717, 1.165) is 50.2 Å². The summed E-state index contributed by atoms with van der Waals surface area (Å²) < 4.78 is 5.76. The topological polar surface area (TPSA) is 63.2 Å². The van der Waals surface area contributed by atoms with E-state index >= 15 is 0 Å². The van der Waals surface area contributed by atoms with Crippen LogP contribution in [-0.4, -0.2) is 47.3 Å². The molecule has 0 unspecified atom stereocenters. The van der Waals surface area contributed by atoms with Gasteiger partial charge in [-0.3, -0.25) is 4.98 Å². The molecule has 2 aromatic heterocycles. The summed E-state index contributed by atoms with van der Waals surface area (Å²) >= 11 is 0. The van der Waals surface area contributed by atoms with E-state index in [1.54, 1.807) is 0 Å². The number of pyridine rings is 1. The molecule has 2 aliphatic heterocycles. The van der Waals surface area contributed by atoms with Crippen LogP contribution in [0.15, 0.2) is 30.6 Å². The van der Waals surface area contributed by atoms with Crippen molar-refractivity contribution in [2.45, 2.75) is 38.6 Å². The molecule has 2 saturated heterocycles. The second kappa shape index (κ2) is 7.99. The normalized spacial score (nSPS) is 23.2. The van der Waals surface area contributed by atoms with Crippen LogP contribution in [0.3, 0.4) is 0 Å². The molecule has 6 heteroatoms. The largest absolute Gasteiger partial charge is 0.379 e. The summed E-state index contributed by atoms with van der Waals surface area (Å²) in [7, 11) is 0. The molecular formula is C20H27N5O. The summed E-state index contributed by atoms with van der Waals surface area (Å²) in [4.78, 5) is 15.9. The smallest absolute Gasteiger partial charge is 0.227 e. The number of hydrogen-bond acceptors (Lipinski definition) is 6. The monoisotopic (exact) mass is 353 g/mol. The van der Waals surface area contributed by atoms with Crippen molar-refractivity contribution in [1.82, 2.24) is 15.0 Å². The van der Waals surface area contributed by atoms with Crippen LogP contribution in [0, 0.1) is 12.8 Å². The summed E-state index contributed by atoms with van der Waals surface area (Å²) in [5.41, 5.74) is 2.31. The minimum absolute atomic E-state index is 0.270. The quantitative estimate of drug-likeness (QED) is 0.892. The van der Waals surface area contributed by atoms with E-state index in [1.807, 2.05) is 25.4 Å². The number of rotatable bonds is 5. The lowest BCUT2D eigenvalue weighted by Gasteiger charge is -2.27. The number of piperidine rings is 1. The van der Waals surface area contributed by atoms with Crippen molar-refractivity contribution in [2.75, 3.05) is 36.5 Å². The zero-order chi connectivity index (χ0) is 17.8. The van der Waals surface area contributed by atoms with Crippen molar-refractivity contribution in [1.29, 1.82) is 0 Å². The molecule has 0 saturated carbocycles. The molecule has 4 heterocycles. The van der Waals surface area contributed by atoms with E-state index in [0.29, 0.717) is 5.92 Å². The Hall–Kier alpha value is -2.21. The van der Waals surface area contributed by atoms with Crippen molar-refractivity contribution in [3.05, 3.63) is 41.9 Å². The molecule has 6 nitrogen and oxygen atoms in total. The lowest BCUT2D eigenvalue weighted by atomic mass is 9.95. The van der Waals surface area contributed by atoms with Crippen molar-refractivity contribution in [2.24, 2.45) is 5.92 Å². The summed E-state index contributed by atoms with van der Waals surface area (Å²) in [5, 5.41) is 3.61. The molecule has 0 radical (unpaired) electrons. The standard InChI is InChI=1S/C20H27N5O/c1-15-11-19(24-20(22-15)25-9-3-2-4-10-25)23-18-14-26-13-17(18)12-16-5-7-21-8-6-16/h5-8,11,17-18H,2-4,9-10,12-14H2,1H3,(H,22,23,24)/t17-,18+/m1/s1. The summed E-state index contributed by atoms with van der Waals surface area (Å²) in [6.07, 6.45) is 8.46. The maximum Gasteiger partial charge on any atom is 0.227 e. The van der Waals surface area contributed by atoms with Gasteiger partial charge >= 0.3 is 0 Å². The molecule has 2 aromatic rings. The molecule has 26 heavy (non-hydrogen) atoms. The van der Waals surface area contributed by atoms with E-state index in [9.17, 15) is 0 Å². The Morgan fingerprint density at radius 3 is 2.73 bits per heavy atom. The molecule has 1 N–H and O–H groups in total. The van der Waals surface area contributed by atoms with Crippen LogP contribution in [0.2, 0.25) is 0 Å². The minimum Gasteiger partial charge on any atom is -0.379 e. The molecule has 0 spiro atoms. The average molecular weight is 353 g/mol. The number of hydrogen-bond donors (Lipinski definition) is 1. The van der Waals surface area contributed by atoms with E-state index in [2.05, 4.69) is 32.3 Å². The second-order valence-corrected chi connectivity index (χ2v) is 7.35. The highest BCUT2D eigenvalue weighted by atomic mass is 16.5. The molecule has 0 aliphatic carbocycles. The third-order valence-electron chi connectivity index (χ3n) is 5.26. The Balaban J connectivity index is 1.46. The zero-order valence-electron chi connectivity index (χ0n) is 15.4. The van der Waals surface area contributed by atoms with Gasteiger partial charge < -0.3 is 15.0 Å². The van der Waals surface area contributed by atoms with Gasteiger partial charge in [0.2, 0.25) is 5.95 Å². The van der Waals surface area contributed by atoms with Gasteiger partial charge in [-0.25, -0.2) is 4.98 Å². The average Bonchev–Trinajstić information content (AvgIpc) is 3.09. The molecule has 0 amide bonds. The first-order valence-electron chi connectivity index (χ1n) is 9.62. The van der Waals surface area contributed by atoms with Crippen molar-refractivity contribution in [3.63, 3.8) is 0 Å².